The van der Waals surface area contributed by atoms with Crippen molar-refractivity contribution in [3.63, 3.8) is 0 Å². The molecule has 21 heavy (non-hydrogen) atoms. The van der Waals surface area contributed by atoms with E-state index in [4.69, 9.17) is 0 Å². The molecule has 0 atom stereocenters. The van der Waals surface area contributed by atoms with E-state index in [-0.39, 0.29) is 22.6 Å². The van der Waals surface area contributed by atoms with Gasteiger partial charge in [0.25, 0.3) is 5.69 Å². The van der Waals surface area contributed by atoms with Gasteiger partial charge < -0.3 is 0 Å². The summed E-state index contributed by atoms with van der Waals surface area (Å²) in [6, 6.07) is 3.99. The third-order valence-corrected chi connectivity index (χ3v) is 2.82. The molecule has 0 saturated carbocycles. The number of fused-ring (bicyclic) bond motifs is 1. The first kappa shape index (κ1) is 14.0. The predicted molar refractivity (Wildman–Crippen MR) is 69.3 cm³/mol. The van der Waals surface area contributed by atoms with Crippen LogP contribution in [-0.2, 0) is 0 Å². The van der Waals surface area contributed by atoms with Gasteiger partial charge in [-0.1, -0.05) is 0 Å². The van der Waals surface area contributed by atoms with Crippen molar-refractivity contribution >= 4 is 34.1 Å². The van der Waals surface area contributed by atoms with E-state index >= 15 is 0 Å². The number of carbonyl (C=O) groups excluding carboxylic acids is 1. The van der Waals surface area contributed by atoms with Crippen molar-refractivity contribution in [2.75, 3.05) is 0 Å². The monoisotopic (exact) mass is 291 g/mol. The zero-order valence-corrected chi connectivity index (χ0v) is 10.1. The molecule has 2 rings (SSSR count). The maximum absolute atomic E-state index is 11.0. The minimum absolute atomic E-state index is 0.125. The average molecular weight is 291 g/mol. The number of hydrogen-bond donors (Lipinski definition) is 0. The van der Waals surface area contributed by atoms with Crippen molar-refractivity contribution in [1.29, 1.82) is 0 Å². The minimum atomic E-state index is -0.981. The first-order valence-electron chi connectivity index (χ1n) is 5.36. The highest BCUT2D eigenvalue weighted by Crippen LogP contribution is 2.37. The Morgan fingerprint density at radius 2 is 1.48 bits per heavy atom. The summed E-state index contributed by atoms with van der Waals surface area (Å²) >= 11 is 0. The Balaban J connectivity index is 2.98. The molecule has 0 heterocycles. The van der Waals surface area contributed by atoms with Crippen LogP contribution in [0.3, 0.4) is 0 Å². The Hall–Kier alpha value is -3.43. The van der Waals surface area contributed by atoms with E-state index in [1.807, 2.05) is 0 Å². The number of rotatable bonds is 4. The van der Waals surface area contributed by atoms with Crippen LogP contribution in [0.25, 0.3) is 10.8 Å². The minimum Gasteiger partial charge on any atom is -0.298 e. The van der Waals surface area contributed by atoms with Crippen LogP contribution in [0.2, 0.25) is 0 Å². The van der Waals surface area contributed by atoms with E-state index in [1.54, 1.807) is 0 Å². The number of hydrogen-bond acceptors (Lipinski definition) is 7. The SMILES string of the molecule is O=Cc1cc2ccc([N+](=O)[O-])c([N+](=O)[O-])c2cc1[N+](=O)[O-]. The van der Waals surface area contributed by atoms with Gasteiger partial charge in [0, 0.05) is 12.1 Å². The van der Waals surface area contributed by atoms with Crippen LogP contribution < -0.4 is 0 Å². The quantitative estimate of drug-likeness (QED) is 0.477. The molecule has 0 aliphatic rings. The van der Waals surface area contributed by atoms with Crippen molar-refractivity contribution < 1.29 is 19.6 Å². The molecule has 0 aromatic heterocycles. The van der Waals surface area contributed by atoms with Gasteiger partial charge in [0.05, 0.1) is 25.7 Å². The van der Waals surface area contributed by atoms with Crippen molar-refractivity contribution in [2.24, 2.45) is 0 Å². The molecule has 0 fully saturated rings. The molecule has 0 unspecified atom stereocenters. The van der Waals surface area contributed by atoms with Crippen LogP contribution in [-0.4, -0.2) is 21.1 Å². The van der Waals surface area contributed by atoms with Crippen LogP contribution in [0, 0.1) is 30.3 Å². The lowest BCUT2D eigenvalue weighted by Gasteiger charge is -2.02. The Labute approximate surface area is 115 Å². The largest absolute Gasteiger partial charge is 0.354 e. The van der Waals surface area contributed by atoms with Crippen molar-refractivity contribution in [1.82, 2.24) is 0 Å². The molecule has 106 valence electrons. The van der Waals surface area contributed by atoms with Gasteiger partial charge in [0.15, 0.2) is 6.29 Å². The van der Waals surface area contributed by atoms with Gasteiger partial charge in [-0.25, -0.2) is 0 Å². The second-order valence-corrected chi connectivity index (χ2v) is 3.95. The average Bonchev–Trinajstić information content (AvgIpc) is 2.43. The Bertz CT molecular complexity index is 815. The molecular weight excluding hydrogens is 286 g/mol. The topological polar surface area (TPSA) is 146 Å². The summed E-state index contributed by atoms with van der Waals surface area (Å²) in [6.45, 7) is 0. The third-order valence-electron chi connectivity index (χ3n) is 2.82. The van der Waals surface area contributed by atoms with Crippen LogP contribution >= 0.6 is 0 Å². The van der Waals surface area contributed by atoms with Gasteiger partial charge in [-0.3, -0.25) is 35.1 Å². The molecule has 0 spiro atoms. The van der Waals surface area contributed by atoms with Crippen LogP contribution in [0.1, 0.15) is 10.4 Å². The van der Waals surface area contributed by atoms with Crippen molar-refractivity contribution in [2.45, 2.75) is 0 Å². The van der Waals surface area contributed by atoms with Gasteiger partial charge in [-0.05, 0) is 17.5 Å². The molecule has 2 aromatic carbocycles. The van der Waals surface area contributed by atoms with Gasteiger partial charge in [0.1, 0.15) is 0 Å². The van der Waals surface area contributed by atoms with Gasteiger partial charge >= 0.3 is 11.4 Å². The molecule has 0 N–H and O–H groups in total. The van der Waals surface area contributed by atoms with Gasteiger partial charge in [-0.15, -0.1) is 0 Å². The summed E-state index contributed by atoms with van der Waals surface area (Å²) in [5.41, 5.74) is -2.55. The lowest BCUT2D eigenvalue weighted by molar-refractivity contribution is -0.421. The molecule has 0 saturated heterocycles. The number of aldehydes is 1. The number of carbonyl (C=O) groups is 1. The second-order valence-electron chi connectivity index (χ2n) is 3.95. The number of benzene rings is 2. The lowest BCUT2D eigenvalue weighted by atomic mass is 10.0. The molecule has 0 amide bonds. The normalized spacial score (nSPS) is 10.3. The molecule has 10 nitrogen and oxygen atoms in total. The van der Waals surface area contributed by atoms with E-state index in [1.165, 1.54) is 6.07 Å². The van der Waals surface area contributed by atoms with E-state index in [9.17, 15) is 35.1 Å². The molecule has 0 aliphatic heterocycles. The van der Waals surface area contributed by atoms with Crippen molar-refractivity contribution in [3.05, 3.63) is 60.2 Å². The highest BCUT2D eigenvalue weighted by atomic mass is 16.6. The number of nitrogens with zero attached hydrogens (tertiary/aromatic N) is 3. The molecule has 0 aliphatic carbocycles. The number of nitro benzene ring substituents is 3. The summed E-state index contributed by atoms with van der Waals surface area (Å²) in [5.74, 6) is 0. The summed E-state index contributed by atoms with van der Waals surface area (Å²) in [4.78, 5) is 40.7. The summed E-state index contributed by atoms with van der Waals surface area (Å²) in [5, 5.41) is 32.6. The molecule has 0 bridgehead atoms. The van der Waals surface area contributed by atoms with E-state index in [2.05, 4.69) is 0 Å². The zero-order chi connectivity index (χ0) is 15.7. The highest BCUT2D eigenvalue weighted by Gasteiger charge is 2.29. The molecule has 2 aromatic rings. The second kappa shape index (κ2) is 4.92. The molecule has 0 radical (unpaired) electrons. The summed E-state index contributed by atoms with van der Waals surface area (Å²) < 4.78 is 0. The lowest BCUT2D eigenvalue weighted by Crippen LogP contribution is -2.00. The van der Waals surface area contributed by atoms with Crippen LogP contribution in [0.5, 0.6) is 0 Å². The highest BCUT2D eigenvalue weighted by molar-refractivity contribution is 6.00. The molecule has 10 heteroatoms. The Morgan fingerprint density at radius 3 is 1.95 bits per heavy atom. The smallest absolute Gasteiger partial charge is 0.298 e. The first-order valence-corrected chi connectivity index (χ1v) is 5.36. The fourth-order valence-corrected chi connectivity index (χ4v) is 1.94. The van der Waals surface area contributed by atoms with Crippen LogP contribution in [0.15, 0.2) is 24.3 Å². The van der Waals surface area contributed by atoms with Gasteiger partial charge in [0.2, 0.25) is 0 Å². The predicted octanol–water partition coefficient (Wildman–Crippen LogP) is 2.38. The zero-order valence-electron chi connectivity index (χ0n) is 10.1. The molecular formula is C11H5N3O7. The Kier molecular flexibility index (Phi) is 3.28. The third kappa shape index (κ3) is 2.25. The maximum atomic E-state index is 11.0. The van der Waals surface area contributed by atoms with Crippen molar-refractivity contribution in [3.8, 4) is 0 Å². The number of nitro groups is 3. The maximum Gasteiger partial charge on any atom is 0.354 e. The summed E-state index contributed by atoms with van der Waals surface area (Å²) in [7, 11) is 0. The van der Waals surface area contributed by atoms with E-state index < -0.39 is 31.8 Å². The standard InChI is InChI=1S/C11H5N3O7/c15-5-7-3-6-1-2-9(12(16)17)11(14(20)21)8(6)4-10(7)13(18)19/h1-5H. The fraction of sp³-hybridized carbons (Fsp3) is 0. The van der Waals surface area contributed by atoms with Crippen LogP contribution in [0.4, 0.5) is 17.1 Å². The summed E-state index contributed by atoms with van der Waals surface area (Å²) in [6.07, 6.45) is 0.241. The van der Waals surface area contributed by atoms with E-state index in [0.717, 1.165) is 18.2 Å². The first-order chi connectivity index (χ1) is 9.86. The van der Waals surface area contributed by atoms with Gasteiger partial charge in [-0.2, -0.15) is 0 Å². The van der Waals surface area contributed by atoms with E-state index in [0.29, 0.717) is 0 Å². The fourth-order valence-electron chi connectivity index (χ4n) is 1.94. The Morgan fingerprint density at radius 1 is 0.857 bits per heavy atom.